The average molecular weight is 185 g/mol. The summed E-state index contributed by atoms with van der Waals surface area (Å²) in [4.78, 5) is 10.9. The molecule has 0 aliphatic rings. The van der Waals surface area contributed by atoms with Crippen molar-refractivity contribution in [2.24, 2.45) is 0 Å². The Bertz CT molecular complexity index is 327. The van der Waals surface area contributed by atoms with Gasteiger partial charge in [-0.25, -0.2) is 9.87 Å². The third kappa shape index (κ3) is 1.94. The molecule has 0 atom stereocenters. The van der Waals surface area contributed by atoms with Crippen LogP contribution in [-0.2, 0) is 0 Å². The molecule has 0 spiro atoms. The normalized spacial score (nSPS) is 9.46. The van der Waals surface area contributed by atoms with Crippen molar-refractivity contribution in [3.63, 3.8) is 0 Å². The van der Waals surface area contributed by atoms with Crippen molar-refractivity contribution < 1.29 is 19.1 Å². The molecule has 0 aliphatic carbocycles. The number of amides is 1. The van der Waals surface area contributed by atoms with Crippen molar-refractivity contribution in [2.45, 2.75) is 0 Å². The molecule has 70 valence electrons. The lowest BCUT2D eigenvalue weighted by atomic mass is 10.2. The second kappa shape index (κ2) is 3.86. The Hall–Kier alpha value is -1.62. The minimum absolute atomic E-state index is 0.0509. The van der Waals surface area contributed by atoms with Crippen LogP contribution >= 0.6 is 0 Å². The molecule has 0 radical (unpaired) electrons. The first-order valence-corrected chi connectivity index (χ1v) is 3.47. The lowest BCUT2D eigenvalue weighted by Crippen LogP contribution is -2.19. The summed E-state index contributed by atoms with van der Waals surface area (Å²) in [5, 5.41) is 8.32. The van der Waals surface area contributed by atoms with Crippen LogP contribution in [0.4, 0.5) is 4.39 Å². The Morgan fingerprint density at radius 1 is 1.62 bits per heavy atom. The summed E-state index contributed by atoms with van der Waals surface area (Å²) in [6.07, 6.45) is 0. The van der Waals surface area contributed by atoms with Gasteiger partial charge in [-0.15, -0.1) is 0 Å². The fraction of sp³-hybridized carbons (Fsp3) is 0.125. The van der Waals surface area contributed by atoms with Crippen LogP contribution < -0.4 is 10.2 Å². The van der Waals surface area contributed by atoms with Crippen molar-refractivity contribution in [3.8, 4) is 5.75 Å². The molecule has 0 heterocycles. The molecule has 0 fully saturated rings. The molecule has 0 saturated heterocycles. The van der Waals surface area contributed by atoms with Gasteiger partial charge in [0.1, 0.15) is 11.6 Å². The monoisotopic (exact) mass is 185 g/mol. The number of carbonyl (C=O) groups is 1. The summed E-state index contributed by atoms with van der Waals surface area (Å²) in [6.45, 7) is 0. The van der Waals surface area contributed by atoms with E-state index in [1.807, 2.05) is 0 Å². The van der Waals surface area contributed by atoms with Gasteiger partial charge >= 0.3 is 0 Å². The topological polar surface area (TPSA) is 58.6 Å². The smallest absolute Gasteiger partial charge is 0.278 e. The van der Waals surface area contributed by atoms with Gasteiger partial charge in [-0.2, -0.15) is 0 Å². The minimum Gasteiger partial charge on any atom is -0.496 e. The minimum atomic E-state index is -0.809. The van der Waals surface area contributed by atoms with Gasteiger partial charge in [0, 0.05) is 0 Å². The lowest BCUT2D eigenvalue weighted by Gasteiger charge is -2.05. The lowest BCUT2D eigenvalue weighted by molar-refractivity contribution is 0.0702. The molecule has 0 saturated carbocycles. The second-order valence-corrected chi connectivity index (χ2v) is 2.29. The largest absolute Gasteiger partial charge is 0.496 e. The number of ether oxygens (including phenoxy) is 1. The Kier molecular flexibility index (Phi) is 2.81. The highest BCUT2D eigenvalue weighted by Crippen LogP contribution is 2.18. The molecule has 1 aromatic rings. The second-order valence-electron chi connectivity index (χ2n) is 2.29. The van der Waals surface area contributed by atoms with Gasteiger partial charge in [-0.3, -0.25) is 10.0 Å². The maximum absolute atomic E-state index is 12.7. The van der Waals surface area contributed by atoms with Gasteiger partial charge in [0.15, 0.2) is 0 Å². The highest BCUT2D eigenvalue weighted by molar-refractivity contribution is 5.96. The van der Waals surface area contributed by atoms with Gasteiger partial charge in [0.25, 0.3) is 5.91 Å². The fourth-order valence-corrected chi connectivity index (χ4v) is 0.918. The molecule has 1 amide bonds. The van der Waals surface area contributed by atoms with Crippen LogP contribution in [-0.4, -0.2) is 18.2 Å². The van der Waals surface area contributed by atoms with Crippen LogP contribution in [0.5, 0.6) is 5.75 Å². The number of nitrogens with one attached hydrogen (secondary N) is 1. The van der Waals surface area contributed by atoms with Gasteiger partial charge in [0.2, 0.25) is 0 Å². The molecule has 0 aliphatic heterocycles. The van der Waals surface area contributed by atoms with E-state index in [-0.39, 0.29) is 11.3 Å². The maximum Gasteiger partial charge on any atom is 0.278 e. The molecule has 13 heavy (non-hydrogen) atoms. The fourth-order valence-electron chi connectivity index (χ4n) is 0.918. The number of hydrogen-bond acceptors (Lipinski definition) is 3. The van der Waals surface area contributed by atoms with Crippen LogP contribution in [0.25, 0.3) is 0 Å². The Morgan fingerprint density at radius 3 is 2.85 bits per heavy atom. The number of rotatable bonds is 2. The van der Waals surface area contributed by atoms with Crippen molar-refractivity contribution in [1.29, 1.82) is 0 Å². The highest BCUT2D eigenvalue weighted by atomic mass is 19.1. The SMILES string of the molecule is COc1ccc(F)cc1C(=O)NO. The quantitative estimate of drug-likeness (QED) is 0.532. The number of hydrogen-bond donors (Lipinski definition) is 2. The Morgan fingerprint density at radius 2 is 2.31 bits per heavy atom. The molecule has 0 bridgehead atoms. The van der Waals surface area contributed by atoms with E-state index in [2.05, 4.69) is 0 Å². The van der Waals surface area contributed by atoms with Gasteiger partial charge in [-0.1, -0.05) is 0 Å². The predicted molar refractivity (Wildman–Crippen MR) is 42.2 cm³/mol. The molecule has 5 heteroatoms. The Labute approximate surface area is 73.9 Å². The molecule has 0 aromatic heterocycles. The highest BCUT2D eigenvalue weighted by Gasteiger charge is 2.11. The number of benzene rings is 1. The van der Waals surface area contributed by atoms with Crippen LogP contribution in [0.2, 0.25) is 0 Å². The zero-order valence-electron chi connectivity index (χ0n) is 6.87. The van der Waals surface area contributed by atoms with Crippen molar-refractivity contribution in [1.82, 2.24) is 5.48 Å². The first-order valence-electron chi connectivity index (χ1n) is 3.47. The van der Waals surface area contributed by atoms with E-state index in [0.29, 0.717) is 0 Å². The summed E-state index contributed by atoms with van der Waals surface area (Å²) in [5.74, 6) is -1.18. The first kappa shape index (κ1) is 9.47. The van der Waals surface area contributed by atoms with E-state index in [9.17, 15) is 9.18 Å². The van der Waals surface area contributed by atoms with Crippen molar-refractivity contribution in [3.05, 3.63) is 29.6 Å². The van der Waals surface area contributed by atoms with Crippen LogP contribution in [0.1, 0.15) is 10.4 Å². The average Bonchev–Trinajstić information content (AvgIpc) is 2.16. The zero-order chi connectivity index (χ0) is 9.84. The van der Waals surface area contributed by atoms with Gasteiger partial charge in [0.05, 0.1) is 12.7 Å². The molecule has 1 rings (SSSR count). The van der Waals surface area contributed by atoms with E-state index >= 15 is 0 Å². The predicted octanol–water partition coefficient (Wildman–Crippen LogP) is 0.953. The van der Waals surface area contributed by atoms with Crippen LogP contribution in [0.3, 0.4) is 0 Å². The third-order valence-electron chi connectivity index (χ3n) is 1.51. The van der Waals surface area contributed by atoms with Crippen LogP contribution in [0.15, 0.2) is 18.2 Å². The number of methoxy groups -OCH3 is 1. The molecule has 1 aromatic carbocycles. The number of hydroxylamine groups is 1. The van der Waals surface area contributed by atoms with E-state index in [0.717, 1.165) is 12.1 Å². The van der Waals surface area contributed by atoms with Gasteiger partial charge in [-0.05, 0) is 18.2 Å². The zero-order valence-corrected chi connectivity index (χ0v) is 6.87. The molecular weight excluding hydrogens is 177 g/mol. The molecule has 0 unspecified atom stereocenters. The maximum atomic E-state index is 12.7. The number of halogens is 1. The standard InChI is InChI=1S/C8H8FNO3/c1-13-7-3-2-5(9)4-6(7)8(11)10-12/h2-4,12H,1H3,(H,10,11). The van der Waals surface area contributed by atoms with E-state index in [1.165, 1.54) is 18.7 Å². The van der Waals surface area contributed by atoms with E-state index < -0.39 is 11.7 Å². The molecular formula is C8H8FNO3. The Balaban J connectivity index is 3.15. The number of carbonyl (C=O) groups excluding carboxylic acids is 1. The van der Waals surface area contributed by atoms with E-state index in [1.54, 1.807) is 0 Å². The molecule has 4 nitrogen and oxygen atoms in total. The summed E-state index contributed by atoms with van der Waals surface area (Å²) in [6, 6.07) is 3.44. The summed E-state index contributed by atoms with van der Waals surface area (Å²) >= 11 is 0. The summed E-state index contributed by atoms with van der Waals surface area (Å²) in [5.41, 5.74) is 1.35. The van der Waals surface area contributed by atoms with E-state index in [4.69, 9.17) is 9.94 Å². The van der Waals surface area contributed by atoms with Crippen molar-refractivity contribution >= 4 is 5.91 Å². The first-order chi connectivity index (χ1) is 6.19. The molecule has 2 N–H and O–H groups in total. The summed E-state index contributed by atoms with van der Waals surface area (Å²) in [7, 11) is 1.35. The van der Waals surface area contributed by atoms with Crippen LogP contribution in [0, 0.1) is 5.82 Å². The van der Waals surface area contributed by atoms with Crippen molar-refractivity contribution in [2.75, 3.05) is 7.11 Å². The third-order valence-corrected chi connectivity index (χ3v) is 1.51. The van der Waals surface area contributed by atoms with Gasteiger partial charge < -0.3 is 4.74 Å². The summed E-state index contributed by atoms with van der Waals surface area (Å²) < 4.78 is 17.4.